The van der Waals surface area contributed by atoms with E-state index < -0.39 is 17.1 Å². The summed E-state index contributed by atoms with van der Waals surface area (Å²) in [6.45, 7) is 1.60. The Labute approximate surface area is 86.3 Å². The first-order valence-electron chi connectivity index (χ1n) is 4.44. The molecular weight excluding hydrogens is 200 g/mol. The van der Waals surface area contributed by atoms with Gasteiger partial charge in [0.05, 0.1) is 13.5 Å². The molecule has 0 spiro atoms. The molecule has 0 saturated carbocycles. The molecule has 1 heterocycles. The van der Waals surface area contributed by atoms with E-state index in [2.05, 4.69) is 4.74 Å². The molecule has 0 atom stereocenters. The van der Waals surface area contributed by atoms with Crippen LogP contribution in [0.1, 0.15) is 17.9 Å². The topological polar surface area (TPSA) is 76.7 Å². The lowest BCUT2D eigenvalue weighted by Gasteiger charge is -2.03. The number of aromatic hydroxyl groups is 1. The molecule has 0 aliphatic rings. The van der Waals surface area contributed by atoms with Gasteiger partial charge in [-0.25, -0.2) is 0 Å². The second kappa shape index (κ2) is 4.63. The lowest BCUT2D eigenvalue weighted by molar-refractivity contribution is -0.140. The smallest absolute Gasteiger partial charge is 0.305 e. The Morgan fingerprint density at radius 1 is 1.60 bits per heavy atom. The maximum absolute atomic E-state index is 11.1. The predicted octanol–water partition coefficient (Wildman–Crippen LogP) is 0.759. The highest BCUT2D eigenvalue weighted by molar-refractivity contribution is 5.69. The number of aryl methyl sites for hydroxylation is 2. The van der Waals surface area contributed by atoms with E-state index in [1.165, 1.54) is 13.2 Å². The van der Waals surface area contributed by atoms with Gasteiger partial charge >= 0.3 is 5.97 Å². The summed E-state index contributed by atoms with van der Waals surface area (Å²) in [5.41, 5.74) is -0.501. The quantitative estimate of drug-likeness (QED) is 0.748. The van der Waals surface area contributed by atoms with Gasteiger partial charge in [0.25, 0.3) is 0 Å². The Hall–Kier alpha value is -1.78. The first-order valence-corrected chi connectivity index (χ1v) is 4.44. The average molecular weight is 212 g/mol. The van der Waals surface area contributed by atoms with Crippen molar-refractivity contribution < 1.29 is 19.1 Å². The molecule has 1 aromatic heterocycles. The summed E-state index contributed by atoms with van der Waals surface area (Å²) in [4.78, 5) is 22.0. The molecule has 1 N–H and O–H groups in total. The molecule has 0 unspecified atom stereocenters. The van der Waals surface area contributed by atoms with Crippen LogP contribution in [-0.4, -0.2) is 18.2 Å². The van der Waals surface area contributed by atoms with Crippen molar-refractivity contribution in [3.63, 3.8) is 0 Å². The number of methoxy groups -OCH3 is 1. The average Bonchev–Trinajstić information content (AvgIpc) is 2.20. The minimum absolute atomic E-state index is 0.0659. The van der Waals surface area contributed by atoms with Gasteiger partial charge in [-0.15, -0.1) is 0 Å². The number of hydrogen-bond donors (Lipinski definition) is 1. The second-order valence-corrected chi connectivity index (χ2v) is 3.07. The summed E-state index contributed by atoms with van der Waals surface area (Å²) >= 11 is 0. The van der Waals surface area contributed by atoms with Gasteiger partial charge in [0.15, 0.2) is 0 Å². The van der Waals surface area contributed by atoms with Gasteiger partial charge in [-0.05, 0) is 6.92 Å². The molecule has 0 bridgehead atoms. The Kier molecular flexibility index (Phi) is 3.49. The summed E-state index contributed by atoms with van der Waals surface area (Å²) in [6.07, 6.45) is 0.214. The van der Waals surface area contributed by atoms with Crippen molar-refractivity contribution in [3.05, 3.63) is 27.8 Å². The fraction of sp³-hybridized carbons (Fsp3) is 0.400. The van der Waals surface area contributed by atoms with E-state index >= 15 is 0 Å². The lowest BCUT2D eigenvalue weighted by atomic mass is 10.2. The van der Waals surface area contributed by atoms with Crippen LogP contribution in [0.4, 0.5) is 0 Å². The number of ether oxygens (including phenoxy) is 1. The number of carbonyl (C=O) groups excluding carboxylic acids is 1. The van der Waals surface area contributed by atoms with Gasteiger partial charge < -0.3 is 14.3 Å². The van der Waals surface area contributed by atoms with Crippen LogP contribution in [-0.2, 0) is 16.0 Å². The van der Waals surface area contributed by atoms with Gasteiger partial charge in [0.1, 0.15) is 11.5 Å². The molecule has 0 aliphatic carbocycles. The standard InChI is InChI=1S/C10H12O5/c1-6-5-7(11)10(13)8(15-6)3-4-9(12)14-2/h5,13H,3-4H2,1-2H3. The zero-order valence-electron chi connectivity index (χ0n) is 8.57. The summed E-state index contributed by atoms with van der Waals surface area (Å²) in [6, 6.07) is 1.19. The molecule has 0 radical (unpaired) electrons. The zero-order valence-corrected chi connectivity index (χ0v) is 8.57. The molecule has 1 aromatic rings. The van der Waals surface area contributed by atoms with E-state index in [0.717, 1.165) is 0 Å². The number of rotatable bonds is 3. The van der Waals surface area contributed by atoms with Gasteiger partial charge in [-0.2, -0.15) is 0 Å². The van der Waals surface area contributed by atoms with E-state index in [4.69, 9.17) is 4.42 Å². The number of esters is 1. The Morgan fingerprint density at radius 3 is 2.87 bits per heavy atom. The summed E-state index contributed by atoms with van der Waals surface area (Å²) in [5.74, 6) is -0.342. The van der Waals surface area contributed by atoms with E-state index in [9.17, 15) is 14.7 Å². The third kappa shape index (κ3) is 2.83. The fourth-order valence-corrected chi connectivity index (χ4v) is 1.15. The Balaban J connectivity index is 2.85. The predicted molar refractivity (Wildman–Crippen MR) is 51.7 cm³/mol. The molecule has 0 amide bonds. The van der Waals surface area contributed by atoms with E-state index in [1.807, 2.05) is 0 Å². The van der Waals surface area contributed by atoms with Crippen molar-refractivity contribution >= 4 is 5.97 Å². The summed E-state index contributed by atoms with van der Waals surface area (Å²) in [7, 11) is 1.27. The SMILES string of the molecule is COC(=O)CCc1oc(C)cc(=O)c1O. The van der Waals surface area contributed by atoms with Crippen LogP contribution in [0.25, 0.3) is 0 Å². The van der Waals surface area contributed by atoms with Crippen LogP contribution in [0.3, 0.4) is 0 Å². The second-order valence-electron chi connectivity index (χ2n) is 3.07. The van der Waals surface area contributed by atoms with Gasteiger partial charge in [-0.1, -0.05) is 0 Å². The molecule has 82 valence electrons. The lowest BCUT2D eigenvalue weighted by Crippen LogP contribution is -2.06. The molecule has 15 heavy (non-hydrogen) atoms. The van der Waals surface area contributed by atoms with E-state index in [-0.39, 0.29) is 18.6 Å². The van der Waals surface area contributed by atoms with Gasteiger partial charge in [0.2, 0.25) is 11.2 Å². The first kappa shape index (κ1) is 11.3. The van der Waals surface area contributed by atoms with Crippen LogP contribution in [0.2, 0.25) is 0 Å². The number of carbonyl (C=O) groups is 1. The Bertz CT molecular complexity index is 418. The monoisotopic (exact) mass is 212 g/mol. The maximum atomic E-state index is 11.1. The molecule has 5 heteroatoms. The van der Waals surface area contributed by atoms with Crippen molar-refractivity contribution in [2.75, 3.05) is 7.11 Å². The maximum Gasteiger partial charge on any atom is 0.305 e. The van der Waals surface area contributed by atoms with Crippen molar-refractivity contribution in [2.24, 2.45) is 0 Å². The van der Waals surface area contributed by atoms with Crippen molar-refractivity contribution in [1.29, 1.82) is 0 Å². The third-order valence-corrected chi connectivity index (χ3v) is 1.90. The van der Waals surface area contributed by atoms with E-state index in [0.29, 0.717) is 5.76 Å². The third-order valence-electron chi connectivity index (χ3n) is 1.90. The fourth-order valence-electron chi connectivity index (χ4n) is 1.15. The first-order chi connectivity index (χ1) is 7.04. The van der Waals surface area contributed by atoms with Crippen LogP contribution in [0.5, 0.6) is 5.75 Å². The Morgan fingerprint density at radius 2 is 2.27 bits per heavy atom. The highest BCUT2D eigenvalue weighted by atomic mass is 16.5. The zero-order chi connectivity index (χ0) is 11.4. The summed E-state index contributed by atoms with van der Waals surface area (Å²) < 4.78 is 9.56. The van der Waals surface area contributed by atoms with Crippen LogP contribution >= 0.6 is 0 Å². The van der Waals surface area contributed by atoms with Crippen LogP contribution in [0, 0.1) is 6.92 Å². The van der Waals surface area contributed by atoms with Gasteiger partial charge in [0, 0.05) is 12.5 Å². The van der Waals surface area contributed by atoms with Crippen molar-refractivity contribution in [1.82, 2.24) is 0 Å². The molecular formula is C10H12O5. The van der Waals surface area contributed by atoms with Crippen LogP contribution in [0.15, 0.2) is 15.3 Å². The largest absolute Gasteiger partial charge is 0.502 e. The highest BCUT2D eigenvalue weighted by Crippen LogP contribution is 2.15. The van der Waals surface area contributed by atoms with Crippen molar-refractivity contribution in [2.45, 2.75) is 19.8 Å². The van der Waals surface area contributed by atoms with Crippen molar-refractivity contribution in [3.8, 4) is 5.75 Å². The minimum Gasteiger partial charge on any atom is -0.502 e. The molecule has 0 aromatic carbocycles. The normalized spacial score (nSPS) is 10.0. The highest BCUT2D eigenvalue weighted by Gasteiger charge is 2.11. The number of hydrogen-bond acceptors (Lipinski definition) is 5. The molecule has 0 saturated heterocycles. The van der Waals surface area contributed by atoms with E-state index in [1.54, 1.807) is 6.92 Å². The molecule has 0 fully saturated rings. The van der Waals surface area contributed by atoms with Gasteiger partial charge in [-0.3, -0.25) is 9.59 Å². The van der Waals surface area contributed by atoms with Crippen LogP contribution < -0.4 is 5.43 Å². The summed E-state index contributed by atoms with van der Waals surface area (Å²) in [5, 5.41) is 9.35. The minimum atomic E-state index is -0.501. The molecule has 0 aliphatic heterocycles. The molecule has 5 nitrogen and oxygen atoms in total. The molecule has 1 rings (SSSR count).